The summed E-state index contributed by atoms with van der Waals surface area (Å²) < 4.78 is 13.3. The Morgan fingerprint density at radius 1 is 0.838 bits per heavy atom. The Morgan fingerprint density at radius 3 is 2.32 bits per heavy atom. The average molecular weight is 497 g/mol. The summed E-state index contributed by atoms with van der Waals surface area (Å²) >= 11 is 0. The maximum Gasteiger partial charge on any atom is 0.253 e. The zero-order valence-electron chi connectivity index (χ0n) is 21.0. The van der Waals surface area contributed by atoms with E-state index in [1.807, 2.05) is 59.5 Å². The fourth-order valence-corrected chi connectivity index (χ4v) is 4.89. The van der Waals surface area contributed by atoms with E-state index in [0.29, 0.717) is 43.9 Å². The first kappa shape index (κ1) is 24.6. The molecule has 0 spiro atoms. The van der Waals surface area contributed by atoms with E-state index in [4.69, 9.17) is 0 Å². The normalized spacial score (nSPS) is 14.5. The molecule has 1 aliphatic rings. The zero-order chi connectivity index (χ0) is 26.0. The number of fused-ring (bicyclic) bond motifs is 1. The predicted octanol–water partition coefficient (Wildman–Crippen LogP) is 5.09. The molecule has 0 radical (unpaired) electrons. The van der Waals surface area contributed by atoms with Gasteiger partial charge >= 0.3 is 0 Å². The van der Waals surface area contributed by atoms with Gasteiger partial charge in [-0.05, 0) is 56.2 Å². The minimum absolute atomic E-state index is 0.0450. The van der Waals surface area contributed by atoms with Crippen LogP contribution in [0.4, 0.5) is 4.39 Å². The number of rotatable bonds is 4. The Hall–Kier alpha value is -4.13. The van der Waals surface area contributed by atoms with Gasteiger partial charge in [0.25, 0.3) is 5.91 Å². The number of benzene rings is 2. The number of hydrogen-bond donors (Lipinski definition) is 0. The Kier molecular flexibility index (Phi) is 6.70. The quantitative estimate of drug-likeness (QED) is 0.395. The van der Waals surface area contributed by atoms with Gasteiger partial charge in [0, 0.05) is 48.9 Å². The second-order valence-electron chi connectivity index (χ2n) is 9.88. The van der Waals surface area contributed by atoms with Crippen molar-refractivity contribution < 1.29 is 14.0 Å². The third kappa shape index (κ3) is 4.94. The van der Waals surface area contributed by atoms with E-state index in [0.717, 1.165) is 28.2 Å². The van der Waals surface area contributed by atoms with Crippen molar-refractivity contribution in [3.63, 3.8) is 0 Å². The summed E-state index contributed by atoms with van der Waals surface area (Å²) in [6.07, 6.45) is 3.60. The van der Waals surface area contributed by atoms with Crippen molar-refractivity contribution in [3.8, 4) is 11.1 Å². The van der Waals surface area contributed by atoms with Crippen LogP contribution >= 0.6 is 0 Å². The molecular formula is C30H29FN4O2. The molecule has 2 amide bonds. The van der Waals surface area contributed by atoms with Gasteiger partial charge in [-0.15, -0.1) is 0 Å². The van der Waals surface area contributed by atoms with E-state index in [2.05, 4.69) is 9.97 Å². The lowest BCUT2D eigenvalue weighted by Crippen LogP contribution is -2.45. The molecule has 1 aliphatic heterocycles. The summed E-state index contributed by atoms with van der Waals surface area (Å²) in [4.78, 5) is 38.9. The summed E-state index contributed by atoms with van der Waals surface area (Å²) in [6, 6.07) is 20.6. The molecule has 0 bridgehead atoms. The van der Waals surface area contributed by atoms with E-state index in [1.54, 1.807) is 31.0 Å². The molecule has 5 rings (SSSR count). The van der Waals surface area contributed by atoms with Crippen molar-refractivity contribution in [2.75, 3.05) is 26.2 Å². The van der Waals surface area contributed by atoms with Crippen LogP contribution in [0.2, 0.25) is 0 Å². The SMILES string of the molecule is CC(C)(C(=O)N1CCCN(C(=O)c2ccc(-c3cccc4cccnc34)cc2)CC1)c1ccc(F)cn1. The molecule has 37 heavy (non-hydrogen) atoms. The molecule has 1 fully saturated rings. The van der Waals surface area contributed by atoms with Crippen LogP contribution in [-0.2, 0) is 10.2 Å². The maximum absolute atomic E-state index is 13.4. The molecule has 0 saturated carbocycles. The smallest absolute Gasteiger partial charge is 0.253 e. The molecule has 0 N–H and O–H groups in total. The third-order valence-corrected chi connectivity index (χ3v) is 7.05. The predicted molar refractivity (Wildman–Crippen MR) is 142 cm³/mol. The highest BCUT2D eigenvalue weighted by molar-refractivity contribution is 5.97. The van der Waals surface area contributed by atoms with E-state index in [9.17, 15) is 14.0 Å². The molecule has 1 saturated heterocycles. The van der Waals surface area contributed by atoms with Crippen molar-refractivity contribution in [3.05, 3.63) is 96.2 Å². The number of nitrogens with zero attached hydrogens (tertiary/aromatic N) is 4. The first-order valence-electron chi connectivity index (χ1n) is 12.5. The van der Waals surface area contributed by atoms with Crippen molar-refractivity contribution in [2.45, 2.75) is 25.7 Å². The zero-order valence-corrected chi connectivity index (χ0v) is 21.0. The molecule has 4 aromatic rings. The van der Waals surface area contributed by atoms with Gasteiger partial charge in [-0.1, -0.05) is 36.4 Å². The van der Waals surface area contributed by atoms with Gasteiger partial charge in [0.15, 0.2) is 0 Å². The van der Waals surface area contributed by atoms with E-state index in [1.165, 1.54) is 6.07 Å². The number of amides is 2. The van der Waals surface area contributed by atoms with Crippen LogP contribution in [0.1, 0.15) is 36.3 Å². The summed E-state index contributed by atoms with van der Waals surface area (Å²) in [6.45, 7) is 5.63. The van der Waals surface area contributed by atoms with Crippen LogP contribution in [0, 0.1) is 5.82 Å². The van der Waals surface area contributed by atoms with Crippen LogP contribution < -0.4 is 0 Å². The highest BCUT2D eigenvalue weighted by atomic mass is 19.1. The molecule has 7 heteroatoms. The molecule has 188 valence electrons. The fraction of sp³-hybridized carbons (Fsp3) is 0.267. The van der Waals surface area contributed by atoms with Crippen molar-refractivity contribution in [1.29, 1.82) is 0 Å². The molecule has 0 atom stereocenters. The Balaban J connectivity index is 1.27. The highest BCUT2D eigenvalue weighted by Gasteiger charge is 2.36. The molecule has 0 aliphatic carbocycles. The molecule has 0 unspecified atom stereocenters. The lowest BCUT2D eigenvalue weighted by molar-refractivity contribution is -0.136. The largest absolute Gasteiger partial charge is 0.340 e. The highest BCUT2D eigenvalue weighted by Crippen LogP contribution is 2.28. The number of hydrogen-bond acceptors (Lipinski definition) is 4. The van der Waals surface area contributed by atoms with Crippen LogP contribution in [0.25, 0.3) is 22.0 Å². The Morgan fingerprint density at radius 2 is 1.57 bits per heavy atom. The topological polar surface area (TPSA) is 66.4 Å². The van der Waals surface area contributed by atoms with E-state index in [-0.39, 0.29) is 11.8 Å². The van der Waals surface area contributed by atoms with Gasteiger partial charge in [0.05, 0.1) is 22.8 Å². The van der Waals surface area contributed by atoms with Crippen LogP contribution in [0.5, 0.6) is 0 Å². The van der Waals surface area contributed by atoms with Gasteiger partial charge in [-0.3, -0.25) is 19.6 Å². The molecule has 2 aromatic heterocycles. The minimum Gasteiger partial charge on any atom is -0.340 e. The van der Waals surface area contributed by atoms with Crippen LogP contribution in [0.3, 0.4) is 0 Å². The standard InChI is InChI=1S/C30H29FN4O2/c1-30(2,26-14-13-24(31)20-33-26)29(37)35-17-5-16-34(18-19-35)28(36)23-11-9-21(10-12-23)25-8-3-6-22-7-4-15-32-27(22)25/h3-4,6-15,20H,5,16-19H2,1-2H3. The molecule has 6 nitrogen and oxygen atoms in total. The number of halogens is 1. The number of carbonyl (C=O) groups is 2. The monoisotopic (exact) mass is 496 g/mol. The van der Waals surface area contributed by atoms with Crippen molar-refractivity contribution in [2.24, 2.45) is 0 Å². The van der Waals surface area contributed by atoms with E-state index >= 15 is 0 Å². The summed E-state index contributed by atoms with van der Waals surface area (Å²) in [5.41, 5.74) is 3.22. The number of para-hydroxylation sites is 1. The van der Waals surface area contributed by atoms with Gasteiger partial charge in [-0.25, -0.2) is 4.39 Å². The van der Waals surface area contributed by atoms with E-state index < -0.39 is 11.2 Å². The molecule has 2 aromatic carbocycles. The second-order valence-corrected chi connectivity index (χ2v) is 9.88. The lowest BCUT2D eigenvalue weighted by atomic mass is 9.87. The van der Waals surface area contributed by atoms with Gasteiger partial charge in [-0.2, -0.15) is 0 Å². The first-order chi connectivity index (χ1) is 17.8. The van der Waals surface area contributed by atoms with Crippen LogP contribution in [0.15, 0.2) is 79.1 Å². The number of carbonyl (C=O) groups excluding carboxylic acids is 2. The maximum atomic E-state index is 13.4. The summed E-state index contributed by atoms with van der Waals surface area (Å²) in [5.74, 6) is -0.553. The van der Waals surface area contributed by atoms with Gasteiger partial charge in [0.2, 0.25) is 5.91 Å². The fourth-order valence-electron chi connectivity index (χ4n) is 4.89. The van der Waals surface area contributed by atoms with Crippen molar-refractivity contribution >= 4 is 22.7 Å². The molecular weight excluding hydrogens is 467 g/mol. The number of pyridine rings is 2. The average Bonchev–Trinajstić information content (AvgIpc) is 3.18. The minimum atomic E-state index is -0.890. The first-order valence-corrected chi connectivity index (χ1v) is 12.5. The van der Waals surface area contributed by atoms with Crippen LogP contribution in [-0.4, -0.2) is 57.8 Å². The summed E-state index contributed by atoms with van der Waals surface area (Å²) in [7, 11) is 0. The third-order valence-electron chi connectivity index (χ3n) is 7.05. The molecule has 3 heterocycles. The number of aromatic nitrogens is 2. The van der Waals surface area contributed by atoms with Gasteiger partial charge < -0.3 is 9.80 Å². The van der Waals surface area contributed by atoms with Crippen molar-refractivity contribution in [1.82, 2.24) is 19.8 Å². The Labute approximate surface area is 215 Å². The lowest BCUT2D eigenvalue weighted by Gasteiger charge is -2.31. The Bertz CT molecular complexity index is 1430. The second kappa shape index (κ2) is 10.1. The summed E-state index contributed by atoms with van der Waals surface area (Å²) in [5, 5.41) is 1.07. The van der Waals surface area contributed by atoms with Gasteiger partial charge in [0.1, 0.15) is 5.82 Å².